The lowest BCUT2D eigenvalue weighted by atomic mass is 9.86. The highest BCUT2D eigenvalue weighted by molar-refractivity contribution is 5.91. The lowest BCUT2D eigenvalue weighted by Gasteiger charge is -2.19. The first-order valence-corrected chi connectivity index (χ1v) is 5.33. The molecule has 0 amide bonds. The van der Waals surface area contributed by atoms with E-state index in [1.807, 2.05) is 12.1 Å². The third kappa shape index (κ3) is 3.23. The maximum atomic E-state index is 10.8. The number of phenols is 1. The van der Waals surface area contributed by atoms with Gasteiger partial charge in [-0.15, -0.1) is 0 Å². The van der Waals surface area contributed by atoms with Crippen molar-refractivity contribution in [3.05, 3.63) is 35.4 Å². The van der Waals surface area contributed by atoms with Crippen LogP contribution in [0.5, 0.6) is 5.75 Å². The SMILES string of the molecule is CC(=O)C=Cc1cc(C(C)(C)C)ccc1O. The first-order chi connectivity index (χ1) is 7.30. The Morgan fingerprint density at radius 1 is 1.31 bits per heavy atom. The van der Waals surface area contributed by atoms with Gasteiger partial charge in [0.1, 0.15) is 5.75 Å². The summed E-state index contributed by atoms with van der Waals surface area (Å²) in [7, 11) is 0. The van der Waals surface area contributed by atoms with E-state index in [2.05, 4.69) is 20.8 Å². The van der Waals surface area contributed by atoms with Crippen LogP contribution in [0.2, 0.25) is 0 Å². The van der Waals surface area contributed by atoms with E-state index >= 15 is 0 Å². The van der Waals surface area contributed by atoms with Crippen LogP contribution in [-0.4, -0.2) is 10.9 Å². The number of carbonyl (C=O) groups is 1. The van der Waals surface area contributed by atoms with E-state index in [-0.39, 0.29) is 16.9 Å². The molecular weight excluding hydrogens is 200 g/mol. The van der Waals surface area contributed by atoms with E-state index in [0.717, 1.165) is 5.56 Å². The molecule has 0 heterocycles. The molecule has 1 aromatic rings. The minimum Gasteiger partial charge on any atom is -0.507 e. The van der Waals surface area contributed by atoms with Crippen LogP contribution in [0.15, 0.2) is 24.3 Å². The summed E-state index contributed by atoms with van der Waals surface area (Å²) < 4.78 is 0. The van der Waals surface area contributed by atoms with E-state index in [4.69, 9.17) is 0 Å². The van der Waals surface area contributed by atoms with Gasteiger partial charge in [-0.1, -0.05) is 26.8 Å². The summed E-state index contributed by atoms with van der Waals surface area (Å²) in [5, 5.41) is 9.65. The van der Waals surface area contributed by atoms with Gasteiger partial charge in [-0.25, -0.2) is 0 Å². The van der Waals surface area contributed by atoms with Crippen molar-refractivity contribution >= 4 is 11.9 Å². The molecule has 0 atom stereocenters. The van der Waals surface area contributed by atoms with Crippen LogP contribution in [0.3, 0.4) is 0 Å². The van der Waals surface area contributed by atoms with E-state index in [0.29, 0.717) is 5.56 Å². The standard InChI is InChI=1S/C14H18O2/c1-10(15)5-6-11-9-12(14(2,3)4)7-8-13(11)16/h5-9,16H,1-4H3. The molecule has 1 aromatic carbocycles. The monoisotopic (exact) mass is 218 g/mol. The van der Waals surface area contributed by atoms with Crippen LogP contribution < -0.4 is 0 Å². The van der Waals surface area contributed by atoms with Gasteiger partial charge < -0.3 is 5.11 Å². The van der Waals surface area contributed by atoms with E-state index < -0.39 is 0 Å². The fourth-order valence-corrected chi connectivity index (χ4v) is 1.36. The summed E-state index contributed by atoms with van der Waals surface area (Å²) in [6.07, 6.45) is 3.11. The molecule has 0 aliphatic rings. The number of hydrogen-bond donors (Lipinski definition) is 1. The second kappa shape index (κ2) is 4.52. The molecule has 0 aliphatic carbocycles. The fourth-order valence-electron chi connectivity index (χ4n) is 1.36. The summed E-state index contributed by atoms with van der Waals surface area (Å²) >= 11 is 0. The number of phenolic OH excluding ortho intramolecular Hbond substituents is 1. The molecular formula is C14H18O2. The molecule has 0 saturated carbocycles. The van der Waals surface area contributed by atoms with Crippen molar-refractivity contribution in [1.82, 2.24) is 0 Å². The largest absolute Gasteiger partial charge is 0.507 e. The van der Waals surface area contributed by atoms with Crippen molar-refractivity contribution < 1.29 is 9.90 Å². The summed E-state index contributed by atoms with van der Waals surface area (Å²) in [5.41, 5.74) is 1.85. The number of aromatic hydroxyl groups is 1. The van der Waals surface area contributed by atoms with Gasteiger partial charge in [-0.3, -0.25) is 4.79 Å². The summed E-state index contributed by atoms with van der Waals surface area (Å²) in [5.74, 6) is 0.172. The van der Waals surface area contributed by atoms with Crippen molar-refractivity contribution in [3.63, 3.8) is 0 Å². The predicted molar refractivity (Wildman–Crippen MR) is 66.5 cm³/mol. The molecule has 0 spiro atoms. The van der Waals surface area contributed by atoms with Crippen molar-refractivity contribution in [2.24, 2.45) is 0 Å². The number of rotatable bonds is 2. The first kappa shape index (κ1) is 12.5. The molecule has 2 nitrogen and oxygen atoms in total. The fraction of sp³-hybridized carbons (Fsp3) is 0.357. The highest BCUT2D eigenvalue weighted by atomic mass is 16.3. The summed E-state index contributed by atoms with van der Waals surface area (Å²) in [6, 6.07) is 5.48. The maximum Gasteiger partial charge on any atom is 0.152 e. The smallest absolute Gasteiger partial charge is 0.152 e. The second-order valence-corrected chi connectivity index (χ2v) is 4.97. The quantitative estimate of drug-likeness (QED) is 0.773. The van der Waals surface area contributed by atoms with Crippen LogP contribution >= 0.6 is 0 Å². The number of ketones is 1. The van der Waals surface area contributed by atoms with Crippen molar-refractivity contribution in [3.8, 4) is 5.75 Å². The average molecular weight is 218 g/mol. The van der Waals surface area contributed by atoms with Crippen LogP contribution in [0.4, 0.5) is 0 Å². The third-order valence-corrected chi connectivity index (χ3v) is 2.39. The van der Waals surface area contributed by atoms with Crippen LogP contribution in [0.1, 0.15) is 38.8 Å². The van der Waals surface area contributed by atoms with Gasteiger partial charge in [0.25, 0.3) is 0 Å². The molecule has 0 aromatic heterocycles. The predicted octanol–water partition coefficient (Wildman–Crippen LogP) is 3.29. The molecule has 86 valence electrons. The van der Waals surface area contributed by atoms with Crippen molar-refractivity contribution in [2.45, 2.75) is 33.1 Å². The topological polar surface area (TPSA) is 37.3 Å². The van der Waals surface area contributed by atoms with Gasteiger partial charge in [-0.05, 0) is 42.2 Å². The molecule has 1 N–H and O–H groups in total. The van der Waals surface area contributed by atoms with Gasteiger partial charge in [-0.2, -0.15) is 0 Å². The number of benzene rings is 1. The Morgan fingerprint density at radius 2 is 1.94 bits per heavy atom. The normalized spacial score (nSPS) is 12.0. The maximum absolute atomic E-state index is 10.8. The van der Waals surface area contributed by atoms with Gasteiger partial charge in [0.2, 0.25) is 0 Å². The number of carbonyl (C=O) groups excluding carboxylic acids is 1. The second-order valence-electron chi connectivity index (χ2n) is 4.97. The van der Waals surface area contributed by atoms with Gasteiger partial charge >= 0.3 is 0 Å². The van der Waals surface area contributed by atoms with Gasteiger partial charge in [0.15, 0.2) is 5.78 Å². The lowest BCUT2D eigenvalue weighted by molar-refractivity contribution is -0.112. The van der Waals surface area contributed by atoms with Crippen molar-refractivity contribution in [2.75, 3.05) is 0 Å². The molecule has 0 saturated heterocycles. The number of hydrogen-bond acceptors (Lipinski definition) is 2. The van der Waals surface area contributed by atoms with Crippen molar-refractivity contribution in [1.29, 1.82) is 0 Å². The summed E-state index contributed by atoms with van der Waals surface area (Å²) in [4.78, 5) is 10.8. The molecule has 2 heteroatoms. The minimum atomic E-state index is -0.0273. The van der Waals surface area contributed by atoms with Crippen LogP contribution in [0.25, 0.3) is 6.08 Å². The molecule has 0 radical (unpaired) electrons. The minimum absolute atomic E-state index is 0.0273. The Bertz CT molecular complexity index is 423. The van der Waals surface area contributed by atoms with E-state index in [1.165, 1.54) is 13.0 Å². The van der Waals surface area contributed by atoms with E-state index in [9.17, 15) is 9.90 Å². The lowest BCUT2D eigenvalue weighted by Crippen LogP contribution is -2.10. The Balaban J connectivity index is 3.14. The molecule has 0 unspecified atom stereocenters. The molecule has 0 fully saturated rings. The Labute approximate surface area is 96.6 Å². The highest BCUT2D eigenvalue weighted by Gasteiger charge is 2.14. The summed E-state index contributed by atoms with van der Waals surface area (Å²) in [6.45, 7) is 7.81. The third-order valence-electron chi connectivity index (χ3n) is 2.39. The van der Waals surface area contributed by atoms with Gasteiger partial charge in [0.05, 0.1) is 0 Å². The zero-order valence-electron chi connectivity index (χ0n) is 10.2. The molecule has 1 rings (SSSR count). The molecule has 0 bridgehead atoms. The Hall–Kier alpha value is -1.57. The van der Waals surface area contributed by atoms with Crippen LogP contribution in [-0.2, 0) is 10.2 Å². The molecule has 16 heavy (non-hydrogen) atoms. The Morgan fingerprint density at radius 3 is 2.44 bits per heavy atom. The zero-order valence-corrected chi connectivity index (χ0v) is 10.2. The Kier molecular flexibility index (Phi) is 3.53. The van der Waals surface area contributed by atoms with E-state index in [1.54, 1.807) is 12.1 Å². The first-order valence-electron chi connectivity index (χ1n) is 5.33. The van der Waals surface area contributed by atoms with Crippen LogP contribution in [0, 0.1) is 0 Å². The van der Waals surface area contributed by atoms with Gasteiger partial charge in [0, 0.05) is 5.56 Å². The molecule has 0 aliphatic heterocycles. The zero-order chi connectivity index (χ0) is 12.3. The number of allylic oxidation sites excluding steroid dienone is 1. The average Bonchev–Trinajstić information content (AvgIpc) is 2.14. The highest BCUT2D eigenvalue weighted by Crippen LogP contribution is 2.27.